The molecule has 1 aliphatic rings. The third kappa shape index (κ3) is 3.40. The molecule has 0 fully saturated rings. The van der Waals surface area contributed by atoms with Crippen LogP contribution in [-0.4, -0.2) is 22.4 Å². The van der Waals surface area contributed by atoms with E-state index in [9.17, 15) is 9.59 Å². The zero-order valence-corrected chi connectivity index (χ0v) is 14.6. The maximum atomic E-state index is 12.4. The minimum atomic E-state index is -0.248. The fourth-order valence-electron chi connectivity index (χ4n) is 3.43. The number of hydrogen-bond acceptors (Lipinski definition) is 3. The second kappa shape index (κ2) is 6.96. The molecule has 3 aromatic rings. The molecule has 134 valence electrons. The molecule has 0 saturated carbocycles. The van der Waals surface area contributed by atoms with Gasteiger partial charge in [0.1, 0.15) is 5.69 Å². The largest absolute Gasteiger partial charge is 0.352 e. The van der Waals surface area contributed by atoms with Gasteiger partial charge >= 0.3 is 0 Å². The summed E-state index contributed by atoms with van der Waals surface area (Å²) in [5.74, 6) is -0.271. The van der Waals surface area contributed by atoms with E-state index in [1.165, 1.54) is 0 Å². The van der Waals surface area contributed by atoms with Crippen molar-refractivity contribution in [3.8, 4) is 6.07 Å². The Morgan fingerprint density at radius 3 is 2.78 bits per heavy atom. The summed E-state index contributed by atoms with van der Waals surface area (Å²) in [6.07, 6.45) is 0.216. The highest BCUT2D eigenvalue weighted by Crippen LogP contribution is 2.23. The zero-order valence-electron chi connectivity index (χ0n) is 14.6. The maximum absolute atomic E-state index is 12.4. The number of nitriles is 1. The molecule has 6 nitrogen and oxygen atoms in total. The van der Waals surface area contributed by atoms with Crippen LogP contribution in [0.3, 0.4) is 0 Å². The molecule has 4 rings (SSSR count). The predicted molar refractivity (Wildman–Crippen MR) is 101 cm³/mol. The second-order valence-electron chi connectivity index (χ2n) is 6.66. The van der Waals surface area contributed by atoms with Crippen molar-refractivity contribution >= 4 is 22.7 Å². The predicted octanol–water partition coefficient (Wildman–Crippen LogP) is 2.33. The number of carbonyl (C=O) groups is 2. The fraction of sp³-hybridized carbons (Fsp3) is 0.190. The molecule has 0 unspecified atom stereocenters. The van der Waals surface area contributed by atoms with Crippen LogP contribution in [-0.2, 0) is 17.9 Å². The van der Waals surface area contributed by atoms with Gasteiger partial charge in [0.25, 0.3) is 5.91 Å². The Kier molecular flexibility index (Phi) is 4.35. The van der Waals surface area contributed by atoms with Crippen molar-refractivity contribution in [2.24, 2.45) is 0 Å². The van der Waals surface area contributed by atoms with Crippen molar-refractivity contribution in [3.05, 3.63) is 71.4 Å². The van der Waals surface area contributed by atoms with Gasteiger partial charge in [0.05, 0.1) is 17.7 Å². The van der Waals surface area contributed by atoms with Crippen molar-refractivity contribution in [2.45, 2.75) is 25.6 Å². The first-order chi connectivity index (χ1) is 13.1. The molecule has 2 heterocycles. The Labute approximate surface area is 156 Å². The number of rotatable bonds is 4. The average molecular weight is 358 g/mol. The molecular formula is C21H18N4O2. The van der Waals surface area contributed by atoms with Gasteiger partial charge in [0.2, 0.25) is 5.91 Å². The number of fused-ring (bicyclic) bond motifs is 3. The lowest BCUT2D eigenvalue weighted by molar-refractivity contribution is -0.121. The third-order valence-corrected chi connectivity index (χ3v) is 4.79. The first-order valence-corrected chi connectivity index (χ1v) is 8.79. The van der Waals surface area contributed by atoms with Crippen LogP contribution >= 0.6 is 0 Å². The van der Waals surface area contributed by atoms with Gasteiger partial charge in [0, 0.05) is 30.4 Å². The lowest BCUT2D eigenvalue weighted by Crippen LogP contribution is -2.46. The van der Waals surface area contributed by atoms with Gasteiger partial charge in [-0.3, -0.25) is 9.59 Å². The van der Waals surface area contributed by atoms with Crippen LogP contribution < -0.4 is 10.6 Å². The van der Waals surface area contributed by atoms with Crippen LogP contribution in [0.4, 0.5) is 0 Å². The number of carbonyl (C=O) groups excluding carboxylic acids is 2. The van der Waals surface area contributed by atoms with Crippen molar-refractivity contribution in [1.29, 1.82) is 5.26 Å². The minimum absolute atomic E-state index is 0.121. The van der Waals surface area contributed by atoms with Gasteiger partial charge in [-0.2, -0.15) is 5.26 Å². The molecule has 0 bridgehead atoms. The topological polar surface area (TPSA) is 86.9 Å². The number of amides is 2. The summed E-state index contributed by atoms with van der Waals surface area (Å²) in [7, 11) is 0. The quantitative estimate of drug-likeness (QED) is 0.750. The zero-order chi connectivity index (χ0) is 18.8. The highest BCUT2D eigenvalue weighted by Gasteiger charge is 2.27. The first-order valence-electron chi connectivity index (χ1n) is 8.79. The summed E-state index contributed by atoms with van der Waals surface area (Å²) in [6, 6.07) is 18.6. The molecule has 2 amide bonds. The maximum Gasteiger partial charge on any atom is 0.268 e. The minimum Gasteiger partial charge on any atom is -0.352 e. The van der Waals surface area contributed by atoms with Crippen molar-refractivity contribution in [2.75, 3.05) is 0 Å². The van der Waals surface area contributed by atoms with Crippen molar-refractivity contribution < 1.29 is 9.59 Å². The third-order valence-electron chi connectivity index (χ3n) is 4.79. The molecule has 0 saturated heterocycles. The summed E-state index contributed by atoms with van der Waals surface area (Å²) >= 11 is 0. The molecule has 1 aliphatic heterocycles. The van der Waals surface area contributed by atoms with Crippen LogP contribution in [0.2, 0.25) is 0 Å². The molecule has 0 aliphatic carbocycles. The lowest BCUT2D eigenvalue weighted by Gasteiger charge is -2.26. The van der Waals surface area contributed by atoms with Gasteiger partial charge in [-0.05, 0) is 29.8 Å². The Morgan fingerprint density at radius 1 is 1.22 bits per heavy atom. The van der Waals surface area contributed by atoms with Gasteiger partial charge in [0.15, 0.2) is 0 Å². The number of benzene rings is 2. The number of para-hydroxylation sites is 1. The smallest absolute Gasteiger partial charge is 0.268 e. The van der Waals surface area contributed by atoms with E-state index in [-0.39, 0.29) is 24.3 Å². The fourth-order valence-corrected chi connectivity index (χ4v) is 3.43. The molecule has 2 aromatic carbocycles. The molecule has 1 atom stereocenters. The monoisotopic (exact) mass is 358 g/mol. The molecule has 6 heteroatoms. The van der Waals surface area contributed by atoms with Gasteiger partial charge in [-0.1, -0.05) is 30.3 Å². The highest BCUT2D eigenvalue weighted by molar-refractivity contribution is 6.00. The second-order valence-corrected chi connectivity index (χ2v) is 6.66. The Morgan fingerprint density at radius 2 is 2.00 bits per heavy atom. The molecule has 0 radical (unpaired) electrons. The number of hydrogen-bond donors (Lipinski definition) is 2. The molecule has 0 spiro atoms. The van der Waals surface area contributed by atoms with Crippen LogP contribution in [0.15, 0.2) is 54.6 Å². The van der Waals surface area contributed by atoms with Gasteiger partial charge < -0.3 is 15.2 Å². The van der Waals surface area contributed by atoms with Crippen LogP contribution in [0.1, 0.15) is 28.0 Å². The molecular weight excluding hydrogens is 340 g/mol. The summed E-state index contributed by atoms with van der Waals surface area (Å²) < 4.78 is 1.98. The Bertz CT molecular complexity index is 1060. The molecule has 1 aromatic heterocycles. The van der Waals surface area contributed by atoms with E-state index in [1.54, 1.807) is 12.1 Å². The lowest BCUT2D eigenvalue weighted by atomic mass is 10.1. The summed E-state index contributed by atoms with van der Waals surface area (Å²) in [5.41, 5.74) is 3.15. The van der Waals surface area contributed by atoms with Gasteiger partial charge in [-0.15, -0.1) is 0 Å². The Balaban J connectivity index is 1.40. The summed E-state index contributed by atoms with van der Waals surface area (Å²) in [5, 5.41) is 15.6. The van der Waals surface area contributed by atoms with Gasteiger partial charge in [-0.25, -0.2) is 0 Å². The molecule has 27 heavy (non-hydrogen) atoms. The van der Waals surface area contributed by atoms with E-state index < -0.39 is 0 Å². The molecule has 2 N–H and O–H groups in total. The number of nitrogens with one attached hydrogen (secondary N) is 2. The average Bonchev–Trinajstić information content (AvgIpc) is 3.06. The van der Waals surface area contributed by atoms with Crippen LogP contribution in [0.25, 0.3) is 10.9 Å². The SMILES string of the molecule is N#Cc1ccc(CNC(=O)C[C@H]2Cn3c(cc4ccccc43)C(=O)N2)cc1. The van der Waals surface area contributed by atoms with E-state index in [4.69, 9.17) is 5.26 Å². The number of nitrogens with zero attached hydrogens (tertiary/aromatic N) is 2. The highest BCUT2D eigenvalue weighted by atomic mass is 16.2. The van der Waals surface area contributed by atoms with E-state index in [0.717, 1.165) is 16.5 Å². The van der Waals surface area contributed by atoms with Crippen molar-refractivity contribution in [1.82, 2.24) is 15.2 Å². The Hall–Kier alpha value is -3.59. The van der Waals surface area contributed by atoms with E-state index in [2.05, 4.69) is 16.7 Å². The van der Waals surface area contributed by atoms with Crippen LogP contribution in [0, 0.1) is 11.3 Å². The van der Waals surface area contributed by atoms with E-state index in [1.807, 2.05) is 47.0 Å². The summed E-state index contributed by atoms with van der Waals surface area (Å²) in [6.45, 7) is 0.960. The number of aromatic nitrogens is 1. The van der Waals surface area contributed by atoms with E-state index in [0.29, 0.717) is 24.3 Å². The standard InChI is InChI=1S/C21H18N4O2/c22-11-14-5-7-15(8-6-14)12-23-20(26)10-17-13-25-18-4-2-1-3-16(18)9-19(25)21(27)24-17/h1-9,17H,10,12-13H2,(H,23,26)(H,24,27)/t17-/m0/s1. The van der Waals surface area contributed by atoms with Crippen LogP contribution in [0.5, 0.6) is 0 Å². The normalized spacial score (nSPS) is 15.7. The van der Waals surface area contributed by atoms with Crippen molar-refractivity contribution in [3.63, 3.8) is 0 Å². The first kappa shape index (κ1) is 16.9. The summed E-state index contributed by atoms with van der Waals surface area (Å²) in [4.78, 5) is 24.7. The van der Waals surface area contributed by atoms with E-state index >= 15 is 0 Å².